The Hall–Kier alpha value is -2.13. The molecule has 1 aromatic rings. The first-order chi connectivity index (χ1) is 14.3. The molecule has 166 valence electrons. The molecule has 1 aliphatic heterocycles. The van der Waals surface area contributed by atoms with Crippen molar-refractivity contribution < 1.29 is 18.0 Å². The number of nitrogens with zero attached hydrogens (tertiary/aromatic N) is 1. The maximum atomic E-state index is 12.8. The molecule has 3 N–H and O–H groups in total. The molecule has 1 heterocycles. The van der Waals surface area contributed by atoms with Crippen LogP contribution in [0.1, 0.15) is 56.1 Å². The van der Waals surface area contributed by atoms with Crippen molar-refractivity contribution in [2.24, 2.45) is 0 Å². The molecule has 3 rings (SSSR count). The Labute approximate surface area is 178 Å². The predicted octanol–water partition coefficient (Wildman–Crippen LogP) is 1.71. The Kier molecular flexibility index (Phi) is 7.36. The van der Waals surface area contributed by atoms with Gasteiger partial charge in [-0.3, -0.25) is 4.79 Å². The van der Waals surface area contributed by atoms with Crippen molar-refractivity contribution in [3.05, 3.63) is 29.3 Å². The molecule has 30 heavy (non-hydrogen) atoms. The molecule has 1 saturated carbocycles. The van der Waals surface area contributed by atoms with Crippen LogP contribution in [0, 0.1) is 0 Å². The van der Waals surface area contributed by atoms with Crippen molar-refractivity contribution in [2.75, 3.05) is 26.7 Å². The Morgan fingerprint density at radius 3 is 2.57 bits per heavy atom. The van der Waals surface area contributed by atoms with E-state index in [9.17, 15) is 18.0 Å². The summed E-state index contributed by atoms with van der Waals surface area (Å²) in [7, 11) is -2.39. The molecule has 0 radical (unpaired) electrons. The summed E-state index contributed by atoms with van der Waals surface area (Å²) in [6.07, 6.45) is 5.64. The molecule has 0 saturated heterocycles. The van der Waals surface area contributed by atoms with Crippen LogP contribution in [0.5, 0.6) is 0 Å². The quantitative estimate of drug-likeness (QED) is 0.651. The van der Waals surface area contributed by atoms with Gasteiger partial charge < -0.3 is 15.5 Å². The zero-order chi connectivity index (χ0) is 21.7. The number of carbonyl (C=O) groups is 2. The number of carbonyl (C=O) groups excluding carboxylic acids is 2. The van der Waals surface area contributed by atoms with Gasteiger partial charge in [-0.15, -0.1) is 0 Å². The van der Waals surface area contributed by atoms with E-state index in [-0.39, 0.29) is 22.8 Å². The minimum atomic E-state index is -3.99. The Bertz CT molecular complexity index is 881. The van der Waals surface area contributed by atoms with Crippen LogP contribution in [0.2, 0.25) is 0 Å². The van der Waals surface area contributed by atoms with Crippen molar-refractivity contribution in [3.8, 4) is 0 Å². The largest absolute Gasteiger partial charge is 0.359 e. The third kappa shape index (κ3) is 5.31. The highest BCUT2D eigenvalue weighted by molar-refractivity contribution is 7.90. The maximum absolute atomic E-state index is 12.8. The first kappa shape index (κ1) is 22.6. The molecule has 0 spiro atoms. The normalized spacial score (nSPS) is 20.7. The Morgan fingerprint density at radius 2 is 1.90 bits per heavy atom. The average molecular weight is 437 g/mol. The molecule has 9 heteroatoms. The highest BCUT2D eigenvalue weighted by atomic mass is 32.2. The van der Waals surface area contributed by atoms with E-state index >= 15 is 0 Å². The van der Waals surface area contributed by atoms with E-state index < -0.39 is 16.1 Å². The molecular formula is C21H32N4O4S. The lowest BCUT2D eigenvalue weighted by atomic mass is 9.93. The molecule has 1 unspecified atom stereocenters. The molecule has 1 atom stereocenters. The van der Waals surface area contributed by atoms with Gasteiger partial charge in [0.25, 0.3) is 10.0 Å². The lowest BCUT2D eigenvalue weighted by Crippen LogP contribution is -2.45. The van der Waals surface area contributed by atoms with Crippen LogP contribution in [0.15, 0.2) is 23.1 Å². The number of likely N-dealkylation sites (N-methyl/N-ethyl adjacent to an activating group) is 2. The molecule has 3 amide bonds. The molecule has 1 aliphatic carbocycles. The van der Waals surface area contributed by atoms with E-state index in [2.05, 4.69) is 20.3 Å². The predicted molar refractivity (Wildman–Crippen MR) is 115 cm³/mol. The van der Waals surface area contributed by atoms with Gasteiger partial charge in [-0.2, -0.15) is 0 Å². The van der Waals surface area contributed by atoms with E-state index in [0.29, 0.717) is 13.0 Å². The summed E-state index contributed by atoms with van der Waals surface area (Å²) in [6, 6.07) is 4.13. The molecule has 0 aromatic heterocycles. The first-order valence-corrected chi connectivity index (χ1v) is 12.2. The summed E-state index contributed by atoms with van der Waals surface area (Å²) in [5, 5.41) is 5.48. The number of hydrogen-bond acceptors (Lipinski definition) is 5. The monoisotopic (exact) mass is 436 g/mol. The standard InChI is InChI=1S/C21H32N4O4S/c1-3-25-12-11-15-13-17(9-10-18(15)19(14-25)20(26)22-2)30(28,29)24-21(27)23-16-7-5-4-6-8-16/h9-10,13,16,19H,3-8,11-12,14H2,1-2H3,(H,22,26)(H2,23,24,27). The second-order valence-electron chi connectivity index (χ2n) is 8.08. The van der Waals surface area contributed by atoms with E-state index in [1.54, 1.807) is 19.2 Å². The molecule has 2 aliphatic rings. The van der Waals surface area contributed by atoms with Crippen LogP contribution in [-0.4, -0.2) is 58.0 Å². The fraction of sp³-hybridized carbons (Fsp3) is 0.619. The maximum Gasteiger partial charge on any atom is 0.328 e. The third-order valence-corrected chi connectivity index (χ3v) is 7.44. The van der Waals surface area contributed by atoms with Crippen LogP contribution in [0.3, 0.4) is 0 Å². The lowest BCUT2D eigenvalue weighted by molar-refractivity contribution is -0.122. The number of fused-ring (bicyclic) bond motifs is 1. The summed E-state index contributed by atoms with van der Waals surface area (Å²) in [5.74, 6) is -0.441. The van der Waals surface area contributed by atoms with Gasteiger partial charge in [-0.1, -0.05) is 32.3 Å². The lowest BCUT2D eigenvalue weighted by Gasteiger charge is -2.23. The summed E-state index contributed by atoms with van der Waals surface area (Å²) in [6.45, 7) is 4.20. The number of urea groups is 1. The van der Waals surface area contributed by atoms with E-state index in [1.165, 1.54) is 6.07 Å². The number of benzene rings is 1. The van der Waals surface area contributed by atoms with Gasteiger partial charge in [0, 0.05) is 26.2 Å². The van der Waals surface area contributed by atoms with Crippen LogP contribution in [0.4, 0.5) is 4.79 Å². The number of nitrogens with one attached hydrogen (secondary N) is 3. The van der Waals surface area contributed by atoms with Crippen molar-refractivity contribution in [1.82, 2.24) is 20.3 Å². The molecular weight excluding hydrogens is 404 g/mol. The number of sulfonamides is 1. The molecule has 1 aromatic carbocycles. The summed E-state index contributed by atoms with van der Waals surface area (Å²) in [5.41, 5.74) is 1.67. The summed E-state index contributed by atoms with van der Waals surface area (Å²) >= 11 is 0. The van der Waals surface area contributed by atoms with Crippen molar-refractivity contribution >= 4 is 22.0 Å². The van der Waals surface area contributed by atoms with Gasteiger partial charge in [0.1, 0.15) is 0 Å². The van der Waals surface area contributed by atoms with Crippen LogP contribution in [0.25, 0.3) is 0 Å². The number of amides is 3. The Balaban J connectivity index is 1.79. The van der Waals surface area contributed by atoms with Gasteiger partial charge in [-0.25, -0.2) is 17.9 Å². The molecule has 1 fully saturated rings. The van der Waals surface area contributed by atoms with Gasteiger partial charge in [0.2, 0.25) is 5.91 Å². The third-order valence-electron chi connectivity index (χ3n) is 6.12. The van der Waals surface area contributed by atoms with Crippen molar-refractivity contribution in [2.45, 2.75) is 62.3 Å². The Morgan fingerprint density at radius 1 is 1.17 bits per heavy atom. The van der Waals surface area contributed by atoms with E-state index in [4.69, 9.17) is 0 Å². The highest BCUT2D eigenvalue weighted by Crippen LogP contribution is 2.28. The number of rotatable bonds is 5. The van der Waals surface area contributed by atoms with Gasteiger partial charge in [0.15, 0.2) is 0 Å². The summed E-state index contributed by atoms with van der Waals surface area (Å²) < 4.78 is 27.7. The van der Waals surface area contributed by atoms with Crippen molar-refractivity contribution in [3.63, 3.8) is 0 Å². The smallest absolute Gasteiger partial charge is 0.328 e. The average Bonchev–Trinajstić information content (AvgIpc) is 2.92. The zero-order valence-corrected chi connectivity index (χ0v) is 18.6. The second-order valence-corrected chi connectivity index (χ2v) is 9.77. The second kappa shape index (κ2) is 9.78. The first-order valence-electron chi connectivity index (χ1n) is 10.7. The topological polar surface area (TPSA) is 108 Å². The van der Waals surface area contributed by atoms with Crippen LogP contribution < -0.4 is 15.4 Å². The van der Waals surface area contributed by atoms with Gasteiger partial charge in [0.05, 0.1) is 10.8 Å². The van der Waals surface area contributed by atoms with Crippen molar-refractivity contribution in [1.29, 1.82) is 0 Å². The fourth-order valence-electron chi connectivity index (χ4n) is 4.36. The van der Waals surface area contributed by atoms with Gasteiger partial charge >= 0.3 is 6.03 Å². The highest BCUT2D eigenvalue weighted by Gasteiger charge is 2.29. The minimum Gasteiger partial charge on any atom is -0.359 e. The minimum absolute atomic E-state index is 0.0225. The summed E-state index contributed by atoms with van der Waals surface area (Å²) in [4.78, 5) is 26.9. The SMILES string of the molecule is CCN1CCc2cc(S(=O)(=O)NC(=O)NC3CCCCC3)ccc2C(C(=O)NC)C1. The number of hydrogen-bond donors (Lipinski definition) is 3. The fourth-order valence-corrected chi connectivity index (χ4v) is 5.33. The zero-order valence-electron chi connectivity index (χ0n) is 17.7. The molecule has 0 bridgehead atoms. The van der Waals surface area contributed by atoms with E-state index in [0.717, 1.165) is 56.3 Å². The van der Waals surface area contributed by atoms with Crippen LogP contribution >= 0.6 is 0 Å². The van der Waals surface area contributed by atoms with Crippen LogP contribution in [-0.2, 0) is 21.2 Å². The van der Waals surface area contributed by atoms with E-state index in [1.807, 2.05) is 6.92 Å². The molecule has 8 nitrogen and oxygen atoms in total. The van der Waals surface area contributed by atoms with Gasteiger partial charge in [-0.05, 0) is 49.1 Å².